The molecule has 0 spiro atoms. The van der Waals surface area contributed by atoms with Crippen molar-refractivity contribution in [1.82, 2.24) is 0 Å². The summed E-state index contributed by atoms with van der Waals surface area (Å²) < 4.78 is 0. The molecule has 0 aliphatic heterocycles. The molecule has 0 fully saturated rings. The van der Waals surface area contributed by atoms with Crippen molar-refractivity contribution in [2.45, 2.75) is 12.8 Å². The number of carbonyl (C=O) groups excluding carboxylic acids is 1. The Balaban J connectivity index is 2.67. The zero-order chi connectivity index (χ0) is 12.8. The summed E-state index contributed by atoms with van der Waals surface area (Å²) in [6, 6.07) is 5.46. The third kappa shape index (κ3) is 4.24. The second-order valence-corrected chi connectivity index (χ2v) is 4.41. The fourth-order valence-electron chi connectivity index (χ4n) is 1.43. The van der Waals surface area contributed by atoms with Gasteiger partial charge < -0.3 is 16.0 Å². The molecule has 0 saturated heterocycles. The van der Waals surface area contributed by atoms with Gasteiger partial charge in [-0.05, 0) is 31.2 Å². The zero-order valence-corrected chi connectivity index (χ0v) is 10.9. The molecule has 0 radical (unpaired) electrons. The van der Waals surface area contributed by atoms with E-state index in [-0.39, 0.29) is 5.91 Å². The van der Waals surface area contributed by atoms with Gasteiger partial charge in [-0.15, -0.1) is 0 Å². The molecular weight excluding hydrogens is 238 g/mol. The second-order valence-electron chi connectivity index (χ2n) is 4.00. The van der Waals surface area contributed by atoms with E-state index in [1.165, 1.54) is 0 Å². The number of nitrogens with two attached hydrogens (primary N) is 1. The summed E-state index contributed by atoms with van der Waals surface area (Å²) in [5, 5.41) is 3.40. The monoisotopic (exact) mass is 255 g/mol. The predicted molar refractivity (Wildman–Crippen MR) is 72.7 cm³/mol. The summed E-state index contributed by atoms with van der Waals surface area (Å²) in [7, 11) is 3.83. The van der Waals surface area contributed by atoms with Crippen LogP contribution in [0.5, 0.6) is 0 Å². The average molecular weight is 256 g/mol. The number of nitrogens with one attached hydrogen (secondary N) is 1. The normalized spacial score (nSPS) is 10.1. The number of carbonyl (C=O) groups is 1. The van der Waals surface area contributed by atoms with Gasteiger partial charge in [0, 0.05) is 26.2 Å². The van der Waals surface area contributed by atoms with Crippen LogP contribution in [-0.4, -0.2) is 26.5 Å². The van der Waals surface area contributed by atoms with Gasteiger partial charge in [0.2, 0.25) is 5.91 Å². The van der Waals surface area contributed by atoms with Gasteiger partial charge in [-0.3, -0.25) is 4.79 Å². The summed E-state index contributed by atoms with van der Waals surface area (Å²) in [6.07, 6.45) is 1.12. The lowest BCUT2D eigenvalue weighted by Gasteiger charge is -2.15. The maximum absolute atomic E-state index is 11.5. The van der Waals surface area contributed by atoms with E-state index in [1.807, 2.05) is 31.1 Å². The molecule has 0 aromatic heterocycles. The highest BCUT2D eigenvalue weighted by molar-refractivity contribution is 6.33. The minimum Gasteiger partial charge on any atom is -0.376 e. The van der Waals surface area contributed by atoms with Gasteiger partial charge >= 0.3 is 0 Å². The molecule has 0 atom stereocenters. The Kier molecular flexibility index (Phi) is 5.25. The summed E-state index contributed by atoms with van der Waals surface area (Å²) in [4.78, 5) is 13.4. The molecule has 1 rings (SSSR count). The third-order valence-electron chi connectivity index (χ3n) is 2.32. The molecule has 1 aromatic rings. The molecule has 0 aliphatic carbocycles. The number of halogens is 1. The van der Waals surface area contributed by atoms with Gasteiger partial charge in [-0.25, -0.2) is 0 Å². The SMILES string of the molecule is CN(C)c1ccc(NC(=O)CCCN)cc1Cl. The van der Waals surface area contributed by atoms with E-state index in [4.69, 9.17) is 17.3 Å². The average Bonchev–Trinajstić information content (AvgIpc) is 2.26. The summed E-state index contributed by atoms with van der Waals surface area (Å²) in [5.74, 6) is -0.0379. The molecule has 0 heterocycles. The third-order valence-corrected chi connectivity index (χ3v) is 2.62. The van der Waals surface area contributed by atoms with Gasteiger partial charge in [0.25, 0.3) is 0 Å². The summed E-state index contributed by atoms with van der Waals surface area (Å²) >= 11 is 6.10. The molecule has 4 nitrogen and oxygen atoms in total. The van der Waals surface area contributed by atoms with Crippen molar-refractivity contribution < 1.29 is 4.79 Å². The molecule has 5 heteroatoms. The molecule has 94 valence electrons. The van der Waals surface area contributed by atoms with Crippen LogP contribution in [0.25, 0.3) is 0 Å². The van der Waals surface area contributed by atoms with Gasteiger partial charge in [0.05, 0.1) is 10.7 Å². The van der Waals surface area contributed by atoms with Crippen LogP contribution in [-0.2, 0) is 4.79 Å². The van der Waals surface area contributed by atoms with Gasteiger partial charge in [-0.1, -0.05) is 11.6 Å². The highest BCUT2D eigenvalue weighted by Crippen LogP contribution is 2.27. The van der Waals surface area contributed by atoms with Crippen LogP contribution < -0.4 is 16.0 Å². The Hall–Kier alpha value is -1.26. The van der Waals surface area contributed by atoms with Crippen LogP contribution in [0.1, 0.15) is 12.8 Å². The molecule has 17 heavy (non-hydrogen) atoms. The Morgan fingerprint density at radius 3 is 2.71 bits per heavy atom. The number of hydrogen-bond donors (Lipinski definition) is 2. The number of amides is 1. The number of rotatable bonds is 5. The minimum atomic E-state index is -0.0379. The molecule has 0 unspecified atom stereocenters. The Labute approximate surface area is 107 Å². The topological polar surface area (TPSA) is 58.4 Å². The standard InChI is InChI=1S/C12H18ClN3O/c1-16(2)11-6-5-9(8-10(11)13)15-12(17)4-3-7-14/h5-6,8H,3-4,7,14H2,1-2H3,(H,15,17). The van der Waals surface area contributed by atoms with Crippen LogP contribution >= 0.6 is 11.6 Å². The van der Waals surface area contributed by atoms with Crippen molar-refractivity contribution in [2.24, 2.45) is 5.73 Å². The maximum atomic E-state index is 11.5. The number of anilines is 2. The molecular formula is C12H18ClN3O. The van der Waals surface area contributed by atoms with E-state index in [0.717, 1.165) is 5.69 Å². The lowest BCUT2D eigenvalue weighted by Crippen LogP contribution is -2.14. The van der Waals surface area contributed by atoms with Crippen molar-refractivity contribution in [2.75, 3.05) is 30.9 Å². The van der Waals surface area contributed by atoms with E-state index in [0.29, 0.717) is 30.1 Å². The fraction of sp³-hybridized carbons (Fsp3) is 0.417. The highest BCUT2D eigenvalue weighted by Gasteiger charge is 2.06. The smallest absolute Gasteiger partial charge is 0.224 e. The molecule has 0 aliphatic rings. The van der Waals surface area contributed by atoms with Crippen LogP contribution in [0.2, 0.25) is 5.02 Å². The predicted octanol–water partition coefficient (Wildman–Crippen LogP) is 2.08. The van der Waals surface area contributed by atoms with Crippen molar-refractivity contribution in [1.29, 1.82) is 0 Å². The second kappa shape index (κ2) is 6.47. The van der Waals surface area contributed by atoms with E-state index < -0.39 is 0 Å². The van der Waals surface area contributed by atoms with E-state index in [9.17, 15) is 4.79 Å². The summed E-state index contributed by atoms with van der Waals surface area (Å²) in [6.45, 7) is 0.522. The molecule has 1 amide bonds. The lowest BCUT2D eigenvalue weighted by molar-refractivity contribution is -0.116. The number of nitrogens with zero attached hydrogens (tertiary/aromatic N) is 1. The quantitative estimate of drug-likeness (QED) is 0.847. The van der Waals surface area contributed by atoms with Crippen LogP contribution in [0.15, 0.2) is 18.2 Å². The Morgan fingerprint density at radius 2 is 2.18 bits per heavy atom. The first-order chi connectivity index (χ1) is 8.04. The van der Waals surface area contributed by atoms with Crippen molar-refractivity contribution in [3.63, 3.8) is 0 Å². The van der Waals surface area contributed by atoms with Crippen molar-refractivity contribution in [3.05, 3.63) is 23.2 Å². The van der Waals surface area contributed by atoms with Gasteiger partial charge in [0.1, 0.15) is 0 Å². The first-order valence-electron chi connectivity index (χ1n) is 5.51. The first-order valence-corrected chi connectivity index (χ1v) is 5.89. The lowest BCUT2D eigenvalue weighted by atomic mass is 10.2. The number of benzene rings is 1. The largest absolute Gasteiger partial charge is 0.376 e. The Morgan fingerprint density at radius 1 is 1.47 bits per heavy atom. The van der Waals surface area contributed by atoms with Crippen molar-refractivity contribution in [3.8, 4) is 0 Å². The molecule has 1 aromatic carbocycles. The zero-order valence-electron chi connectivity index (χ0n) is 10.2. The van der Waals surface area contributed by atoms with E-state index >= 15 is 0 Å². The van der Waals surface area contributed by atoms with Crippen LogP contribution in [0.3, 0.4) is 0 Å². The first kappa shape index (κ1) is 13.8. The maximum Gasteiger partial charge on any atom is 0.224 e. The minimum absolute atomic E-state index is 0.0379. The molecule has 3 N–H and O–H groups in total. The van der Waals surface area contributed by atoms with Gasteiger partial charge in [0.15, 0.2) is 0 Å². The highest BCUT2D eigenvalue weighted by atomic mass is 35.5. The van der Waals surface area contributed by atoms with E-state index in [2.05, 4.69) is 5.32 Å². The fourth-order valence-corrected chi connectivity index (χ4v) is 1.78. The van der Waals surface area contributed by atoms with Crippen LogP contribution in [0, 0.1) is 0 Å². The Bertz CT molecular complexity index is 393. The number of hydrogen-bond acceptors (Lipinski definition) is 3. The van der Waals surface area contributed by atoms with Crippen LogP contribution in [0.4, 0.5) is 11.4 Å². The summed E-state index contributed by atoms with van der Waals surface area (Å²) in [5.41, 5.74) is 6.97. The molecule has 0 bridgehead atoms. The van der Waals surface area contributed by atoms with Crippen molar-refractivity contribution >= 4 is 28.9 Å². The van der Waals surface area contributed by atoms with Gasteiger partial charge in [-0.2, -0.15) is 0 Å². The van der Waals surface area contributed by atoms with E-state index in [1.54, 1.807) is 6.07 Å². The molecule has 0 saturated carbocycles.